The molecular formula is C42H31F3N4. The molecule has 0 aliphatic rings. The number of rotatable bonds is 6. The van der Waals surface area contributed by atoms with Crippen LogP contribution in [0.4, 0.5) is 13.2 Å². The second kappa shape index (κ2) is 12.9. The van der Waals surface area contributed by atoms with Crippen LogP contribution in [0.15, 0.2) is 134 Å². The molecule has 0 N–H and O–H groups in total. The van der Waals surface area contributed by atoms with E-state index in [9.17, 15) is 13.2 Å². The molecule has 0 bridgehead atoms. The minimum Gasteiger partial charge on any atom is -0.254 e. The average molecular weight is 649 g/mol. The highest BCUT2D eigenvalue weighted by Crippen LogP contribution is 2.46. The Morgan fingerprint density at radius 3 is 1.37 bits per heavy atom. The first kappa shape index (κ1) is 31.6. The third-order valence-corrected chi connectivity index (χ3v) is 8.67. The van der Waals surface area contributed by atoms with Gasteiger partial charge in [0, 0.05) is 23.5 Å². The van der Waals surface area contributed by atoms with Gasteiger partial charge in [0.15, 0.2) is 0 Å². The van der Waals surface area contributed by atoms with E-state index in [0.29, 0.717) is 45.2 Å². The Labute approximate surface area is 283 Å². The zero-order chi connectivity index (χ0) is 34.1. The van der Waals surface area contributed by atoms with E-state index < -0.39 is 11.7 Å². The fraction of sp³-hybridized carbons (Fsp3) is 0.0952. The van der Waals surface area contributed by atoms with E-state index >= 15 is 0 Å². The SMILES string of the molecule is Cc1ccccc1-c1cc(-c2cccc(-c3ncccc3C)n2)c(-c2ccccc2C(F)(F)F)cc1-c1cccc(-c2ncccc2C)n1. The maximum Gasteiger partial charge on any atom is 0.417 e. The van der Waals surface area contributed by atoms with Crippen molar-refractivity contribution in [3.8, 4) is 67.5 Å². The second-order valence-corrected chi connectivity index (χ2v) is 12.0. The first-order chi connectivity index (χ1) is 23.7. The van der Waals surface area contributed by atoms with Crippen LogP contribution in [0, 0.1) is 20.8 Å². The molecule has 7 rings (SSSR count). The fourth-order valence-electron chi connectivity index (χ4n) is 6.25. The van der Waals surface area contributed by atoms with Gasteiger partial charge in [-0.2, -0.15) is 13.2 Å². The fourth-order valence-corrected chi connectivity index (χ4v) is 6.25. The van der Waals surface area contributed by atoms with E-state index in [-0.39, 0.29) is 5.56 Å². The van der Waals surface area contributed by atoms with Crippen LogP contribution in [0.1, 0.15) is 22.3 Å². The minimum absolute atomic E-state index is 0.0560. The van der Waals surface area contributed by atoms with Crippen molar-refractivity contribution in [2.75, 3.05) is 0 Å². The van der Waals surface area contributed by atoms with Crippen molar-refractivity contribution in [3.05, 3.63) is 156 Å². The lowest BCUT2D eigenvalue weighted by molar-refractivity contribution is -0.137. The van der Waals surface area contributed by atoms with Crippen molar-refractivity contribution in [1.82, 2.24) is 19.9 Å². The zero-order valence-corrected chi connectivity index (χ0v) is 27.1. The molecule has 0 aliphatic heterocycles. The van der Waals surface area contributed by atoms with Gasteiger partial charge < -0.3 is 0 Å². The van der Waals surface area contributed by atoms with Crippen LogP contribution < -0.4 is 0 Å². The molecule has 0 spiro atoms. The molecule has 0 fully saturated rings. The topological polar surface area (TPSA) is 51.6 Å². The lowest BCUT2D eigenvalue weighted by Gasteiger charge is -2.21. The van der Waals surface area contributed by atoms with Crippen molar-refractivity contribution in [2.45, 2.75) is 26.9 Å². The first-order valence-corrected chi connectivity index (χ1v) is 15.9. The largest absolute Gasteiger partial charge is 0.417 e. The summed E-state index contributed by atoms with van der Waals surface area (Å²) in [5, 5.41) is 0. The minimum atomic E-state index is -4.59. The molecule has 0 aliphatic carbocycles. The maximum atomic E-state index is 14.7. The summed E-state index contributed by atoms with van der Waals surface area (Å²) >= 11 is 0. The van der Waals surface area contributed by atoms with Gasteiger partial charge in [0.05, 0.1) is 39.7 Å². The molecule has 0 saturated heterocycles. The number of hydrogen-bond acceptors (Lipinski definition) is 4. The number of pyridine rings is 4. The van der Waals surface area contributed by atoms with E-state index in [1.54, 1.807) is 18.5 Å². The van der Waals surface area contributed by atoms with Gasteiger partial charge in [-0.05, 0) is 114 Å². The summed E-state index contributed by atoms with van der Waals surface area (Å²) in [6.45, 7) is 5.96. The highest BCUT2D eigenvalue weighted by molar-refractivity contribution is 5.95. The summed E-state index contributed by atoms with van der Waals surface area (Å²) in [5.41, 5.74) is 9.56. The van der Waals surface area contributed by atoms with Crippen molar-refractivity contribution in [3.63, 3.8) is 0 Å². The standard InChI is InChI=1S/C42H31F3N4/c1-26-12-4-5-15-29(26)31-24-34(37-19-9-21-39(49-37)41-28(3)14-11-23-47-41)32(30-16-6-7-17-35(30)42(43,44)45)25-33(31)36-18-8-20-38(48-36)40-27(2)13-10-22-46-40/h4-25H,1-3H3. The molecule has 0 radical (unpaired) electrons. The summed E-state index contributed by atoms with van der Waals surface area (Å²) in [7, 11) is 0. The maximum absolute atomic E-state index is 14.7. The molecule has 0 amide bonds. The van der Waals surface area contributed by atoms with Gasteiger partial charge in [0.25, 0.3) is 0 Å². The molecule has 4 nitrogen and oxygen atoms in total. The number of benzene rings is 3. The third-order valence-electron chi connectivity index (χ3n) is 8.67. The van der Waals surface area contributed by atoms with Gasteiger partial charge in [0.1, 0.15) is 0 Å². The van der Waals surface area contributed by atoms with Crippen molar-refractivity contribution in [2.24, 2.45) is 0 Å². The molecule has 0 atom stereocenters. The summed E-state index contributed by atoms with van der Waals surface area (Å²) in [6.07, 6.45) is -1.15. The van der Waals surface area contributed by atoms with Crippen molar-refractivity contribution >= 4 is 0 Å². The predicted molar refractivity (Wildman–Crippen MR) is 189 cm³/mol. The molecule has 0 unspecified atom stereocenters. The van der Waals surface area contributed by atoms with E-state index in [0.717, 1.165) is 39.6 Å². The number of alkyl halides is 3. The van der Waals surface area contributed by atoms with Crippen LogP contribution in [0.2, 0.25) is 0 Å². The summed E-state index contributed by atoms with van der Waals surface area (Å²) < 4.78 is 44.0. The van der Waals surface area contributed by atoms with Crippen molar-refractivity contribution in [1.29, 1.82) is 0 Å². The number of halogens is 3. The van der Waals surface area contributed by atoms with Gasteiger partial charge in [0.2, 0.25) is 0 Å². The van der Waals surface area contributed by atoms with Gasteiger partial charge in [-0.15, -0.1) is 0 Å². The van der Waals surface area contributed by atoms with Gasteiger partial charge in [-0.3, -0.25) is 9.97 Å². The Balaban J connectivity index is 1.56. The summed E-state index contributed by atoms with van der Waals surface area (Å²) in [4.78, 5) is 19.2. The molecule has 240 valence electrons. The van der Waals surface area contributed by atoms with Crippen molar-refractivity contribution < 1.29 is 13.2 Å². The molecule has 4 aromatic heterocycles. The van der Waals surface area contributed by atoms with Crippen LogP contribution in [0.5, 0.6) is 0 Å². The van der Waals surface area contributed by atoms with Gasteiger partial charge in [-0.1, -0.05) is 66.7 Å². The summed E-state index contributed by atoms with van der Waals surface area (Å²) in [6, 6.07) is 36.4. The highest BCUT2D eigenvalue weighted by atomic mass is 19.4. The summed E-state index contributed by atoms with van der Waals surface area (Å²) in [5.74, 6) is 0. The average Bonchev–Trinajstić information content (AvgIpc) is 3.11. The quantitative estimate of drug-likeness (QED) is 0.180. The Hall–Kier alpha value is -5.95. The number of aromatic nitrogens is 4. The predicted octanol–water partition coefficient (Wildman–Crippen LogP) is 11.2. The molecule has 3 aromatic carbocycles. The highest BCUT2D eigenvalue weighted by Gasteiger charge is 2.34. The Bertz CT molecular complexity index is 2330. The Morgan fingerprint density at radius 2 is 0.857 bits per heavy atom. The van der Waals surface area contributed by atoms with Crippen LogP contribution in [-0.4, -0.2) is 19.9 Å². The molecule has 7 heteroatoms. The van der Waals surface area contributed by atoms with Crippen LogP contribution in [-0.2, 0) is 6.18 Å². The van der Waals surface area contributed by atoms with Gasteiger partial charge in [-0.25, -0.2) is 9.97 Å². The lowest BCUT2D eigenvalue weighted by Crippen LogP contribution is -2.07. The number of nitrogens with zero attached hydrogens (tertiary/aromatic N) is 4. The van der Waals surface area contributed by atoms with E-state index in [4.69, 9.17) is 9.97 Å². The first-order valence-electron chi connectivity index (χ1n) is 15.9. The normalized spacial score (nSPS) is 11.5. The number of aryl methyl sites for hydroxylation is 3. The molecular weight excluding hydrogens is 617 g/mol. The third kappa shape index (κ3) is 6.23. The Kier molecular flexibility index (Phi) is 8.34. The lowest BCUT2D eigenvalue weighted by atomic mass is 9.85. The van der Waals surface area contributed by atoms with E-state index in [1.165, 1.54) is 12.1 Å². The van der Waals surface area contributed by atoms with Crippen LogP contribution >= 0.6 is 0 Å². The van der Waals surface area contributed by atoms with Crippen LogP contribution in [0.3, 0.4) is 0 Å². The Morgan fingerprint density at radius 1 is 0.408 bits per heavy atom. The monoisotopic (exact) mass is 648 g/mol. The number of hydrogen-bond donors (Lipinski definition) is 0. The molecule has 7 aromatic rings. The van der Waals surface area contributed by atoms with E-state index in [1.807, 2.05) is 118 Å². The smallest absolute Gasteiger partial charge is 0.254 e. The molecule has 0 saturated carbocycles. The zero-order valence-electron chi connectivity index (χ0n) is 27.1. The van der Waals surface area contributed by atoms with Crippen LogP contribution in [0.25, 0.3) is 67.5 Å². The molecule has 4 heterocycles. The second-order valence-electron chi connectivity index (χ2n) is 12.0. The van der Waals surface area contributed by atoms with E-state index in [2.05, 4.69) is 9.97 Å². The molecule has 49 heavy (non-hydrogen) atoms. The van der Waals surface area contributed by atoms with Gasteiger partial charge >= 0.3 is 6.18 Å².